The molecule has 0 aliphatic rings. The zero-order chi connectivity index (χ0) is 13.7. The molecule has 0 amide bonds. The van der Waals surface area contributed by atoms with Gasteiger partial charge in [0.15, 0.2) is 0 Å². The lowest BCUT2D eigenvalue weighted by molar-refractivity contribution is 0.573. The van der Waals surface area contributed by atoms with Crippen molar-refractivity contribution in [2.45, 2.75) is 17.4 Å². The summed E-state index contributed by atoms with van der Waals surface area (Å²) < 4.78 is 14.6. The highest BCUT2D eigenvalue weighted by Crippen LogP contribution is 2.19. The second kappa shape index (κ2) is 6.68. The van der Waals surface area contributed by atoms with Crippen LogP contribution in [0.3, 0.4) is 0 Å². The first-order valence-electron chi connectivity index (χ1n) is 6.07. The Morgan fingerprint density at radius 1 is 1.37 bits per heavy atom. The summed E-state index contributed by atoms with van der Waals surface area (Å²) in [4.78, 5) is 5.29. The minimum atomic E-state index is -0.200. The van der Waals surface area contributed by atoms with Gasteiger partial charge in [-0.3, -0.25) is 4.68 Å². The molecule has 1 aromatic heterocycles. The molecule has 1 N–H and O–H groups in total. The first-order valence-corrected chi connectivity index (χ1v) is 7.06. The number of rotatable bonds is 6. The highest BCUT2D eigenvalue weighted by Gasteiger charge is 2.11. The lowest BCUT2D eigenvalue weighted by Gasteiger charge is -2.15. The summed E-state index contributed by atoms with van der Waals surface area (Å²) in [6.45, 7) is 0. The zero-order valence-electron chi connectivity index (χ0n) is 11.0. The quantitative estimate of drug-likeness (QED) is 0.820. The molecule has 19 heavy (non-hydrogen) atoms. The van der Waals surface area contributed by atoms with Crippen molar-refractivity contribution in [1.29, 1.82) is 0 Å². The first kappa shape index (κ1) is 14.0. The lowest BCUT2D eigenvalue weighted by atomic mass is 10.2. The molecule has 6 heteroatoms. The molecule has 0 spiro atoms. The number of aryl methyl sites for hydroxylation is 1. The van der Waals surface area contributed by atoms with Gasteiger partial charge in [-0.25, -0.2) is 9.37 Å². The summed E-state index contributed by atoms with van der Waals surface area (Å²) in [7, 11) is 3.83. The number of likely N-dealkylation sites (N-methyl/N-ethyl adjacent to an activating group) is 1. The van der Waals surface area contributed by atoms with Crippen LogP contribution in [0.1, 0.15) is 5.82 Å². The van der Waals surface area contributed by atoms with Crippen LogP contribution >= 0.6 is 11.8 Å². The average molecular weight is 280 g/mol. The topological polar surface area (TPSA) is 42.7 Å². The third-order valence-electron chi connectivity index (χ3n) is 2.91. The van der Waals surface area contributed by atoms with Gasteiger partial charge in [-0.1, -0.05) is 0 Å². The molecule has 1 heterocycles. The van der Waals surface area contributed by atoms with Crippen LogP contribution in [-0.2, 0) is 13.5 Å². The van der Waals surface area contributed by atoms with Gasteiger partial charge < -0.3 is 5.32 Å². The molecular weight excluding hydrogens is 263 g/mol. The Bertz CT molecular complexity index is 512. The Labute approximate surface area is 116 Å². The van der Waals surface area contributed by atoms with E-state index < -0.39 is 0 Å². The third kappa shape index (κ3) is 4.04. The van der Waals surface area contributed by atoms with E-state index in [1.165, 1.54) is 12.1 Å². The molecule has 0 fully saturated rings. The Morgan fingerprint density at radius 3 is 2.68 bits per heavy atom. The van der Waals surface area contributed by atoms with Crippen molar-refractivity contribution < 1.29 is 4.39 Å². The molecule has 0 bridgehead atoms. The van der Waals surface area contributed by atoms with E-state index >= 15 is 0 Å². The number of aromatic nitrogens is 3. The lowest BCUT2D eigenvalue weighted by Crippen LogP contribution is -2.31. The molecule has 4 nitrogen and oxygen atoms in total. The van der Waals surface area contributed by atoms with Crippen molar-refractivity contribution >= 4 is 11.8 Å². The molecule has 2 rings (SSSR count). The van der Waals surface area contributed by atoms with Crippen LogP contribution in [0.15, 0.2) is 35.5 Å². The van der Waals surface area contributed by atoms with Crippen LogP contribution in [0.4, 0.5) is 4.39 Å². The summed E-state index contributed by atoms with van der Waals surface area (Å²) in [5, 5.41) is 7.33. The van der Waals surface area contributed by atoms with Crippen molar-refractivity contribution in [3.8, 4) is 0 Å². The number of hydrogen-bond acceptors (Lipinski definition) is 4. The molecular formula is C13H17FN4S. The monoisotopic (exact) mass is 280 g/mol. The van der Waals surface area contributed by atoms with E-state index in [0.29, 0.717) is 6.04 Å². The van der Waals surface area contributed by atoms with Crippen LogP contribution in [0.5, 0.6) is 0 Å². The minimum Gasteiger partial charge on any atom is -0.316 e. The Balaban J connectivity index is 1.89. The molecule has 0 aliphatic heterocycles. The summed E-state index contributed by atoms with van der Waals surface area (Å²) in [5.41, 5.74) is 0. The summed E-state index contributed by atoms with van der Waals surface area (Å²) in [6, 6.07) is 6.88. The molecule has 1 aromatic carbocycles. The first-order chi connectivity index (χ1) is 9.19. The van der Waals surface area contributed by atoms with Crippen molar-refractivity contribution in [1.82, 2.24) is 20.1 Å². The van der Waals surface area contributed by atoms with Gasteiger partial charge in [0.25, 0.3) is 0 Å². The number of nitrogens with one attached hydrogen (secondary N) is 1. The number of nitrogens with zero attached hydrogens (tertiary/aromatic N) is 3. The van der Waals surface area contributed by atoms with Crippen LogP contribution in [0, 0.1) is 5.82 Å². The van der Waals surface area contributed by atoms with Gasteiger partial charge in [0.2, 0.25) is 0 Å². The molecule has 0 saturated heterocycles. The fourth-order valence-electron chi connectivity index (χ4n) is 1.70. The number of halogens is 1. The molecule has 102 valence electrons. The van der Waals surface area contributed by atoms with Gasteiger partial charge in [0, 0.05) is 30.2 Å². The predicted molar refractivity (Wildman–Crippen MR) is 74.7 cm³/mol. The highest BCUT2D eigenvalue weighted by molar-refractivity contribution is 7.99. The Kier molecular flexibility index (Phi) is 4.93. The second-order valence-electron chi connectivity index (χ2n) is 4.25. The maximum atomic E-state index is 12.8. The zero-order valence-corrected chi connectivity index (χ0v) is 11.8. The van der Waals surface area contributed by atoms with E-state index in [9.17, 15) is 4.39 Å². The summed E-state index contributed by atoms with van der Waals surface area (Å²) in [5.74, 6) is 1.65. The van der Waals surface area contributed by atoms with Crippen molar-refractivity contribution in [2.75, 3.05) is 12.8 Å². The molecule has 0 radical (unpaired) electrons. The average Bonchev–Trinajstić information content (AvgIpc) is 2.82. The van der Waals surface area contributed by atoms with Crippen LogP contribution in [0.2, 0.25) is 0 Å². The smallest absolute Gasteiger partial charge is 0.138 e. The van der Waals surface area contributed by atoms with Gasteiger partial charge in [0.1, 0.15) is 18.0 Å². The standard InChI is InChI=1S/C13H17FN4S/c1-15-11(7-13-16-9-17-18(13)2)8-19-12-5-3-10(14)4-6-12/h3-6,9,11,15H,7-8H2,1-2H3. The second-order valence-corrected chi connectivity index (χ2v) is 5.35. The normalized spacial score (nSPS) is 12.6. The van der Waals surface area contributed by atoms with E-state index in [0.717, 1.165) is 22.9 Å². The number of benzene rings is 1. The van der Waals surface area contributed by atoms with Crippen molar-refractivity contribution in [2.24, 2.45) is 7.05 Å². The molecule has 1 atom stereocenters. The minimum absolute atomic E-state index is 0.200. The fraction of sp³-hybridized carbons (Fsp3) is 0.385. The van der Waals surface area contributed by atoms with E-state index in [4.69, 9.17) is 0 Å². The molecule has 2 aromatic rings. The maximum Gasteiger partial charge on any atom is 0.138 e. The van der Waals surface area contributed by atoms with Gasteiger partial charge in [-0.15, -0.1) is 11.8 Å². The van der Waals surface area contributed by atoms with Crippen LogP contribution in [0.25, 0.3) is 0 Å². The third-order valence-corrected chi connectivity index (χ3v) is 4.08. The Morgan fingerprint density at radius 2 is 2.11 bits per heavy atom. The van der Waals surface area contributed by atoms with Crippen molar-refractivity contribution in [3.05, 3.63) is 42.2 Å². The van der Waals surface area contributed by atoms with Gasteiger partial charge >= 0.3 is 0 Å². The van der Waals surface area contributed by atoms with Gasteiger partial charge in [-0.2, -0.15) is 5.10 Å². The molecule has 0 aliphatic carbocycles. The largest absolute Gasteiger partial charge is 0.316 e. The number of hydrogen-bond donors (Lipinski definition) is 1. The fourth-order valence-corrected chi connectivity index (χ4v) is 2.70. The number of thioether (sulfide) groups is 1. The summed E-state index contributed by atoms with van der Waals surface area (Å²) in [6.07, 6.45) is 2.39. The summed E-state index contributed by atoms with van der Waals surface area (Å²) >= 11 is 1.70. The Hall–Kier alpha value is -1.40. The van der Waals surface area contributed by atoms with Gasteiger partial charge in [-0.05, 0) is 31.3 Å². The van der Waals surface area contributed by atoms with E-state index in [-0.39, 0.29) is 5.82 Å². The van der Waals surface area contributed by atoms with Crippen molar-refractivity contribution in [3.63, 3.8) is 0 Å². The molecule has 1 unspecified atom stereocenters. The maximum absolute atomic E-state index is 12.8. The SMILES string of the molecule is CNC(CSc1ccc(F)cc1)Cc1ncnn1C. The van der Waals surface area contributed by atoms with Crippen LogP contribution < -0.4 is 5.32 Å². The van der Waals surface area contributed by atoms with E-state index in [1.54, 1.807) is 34.9 Å². The van der Waals surface area contributed by atoms with E-state index in [2.05, 4.69) is 15.4 Å². The van der Waals surface area contributed by atoms with E-state index in [1.807, 2.05) is 14.1 Å². The predicted octanol–water partition coefficient (Wildman–Crippen LogP) is 1.88. The van der Waals surface area contributed by atoms with Gasteiger partial charge in [0.05, 0.1) is 0 Å². The molecule has 0 saturated carbocycles. The highest BCUT2D eigenvalue weighted by atomic mass is 32.2. The van der Waals surface area contributed by atoms with Crippen LogP contribution in [-0.4, -0.2) is 33.6 Å².